The lowest BCUT2D eigenvalue weighted by molar-refractivity contribution is -0.124. The Morgan fingerprint density at radius 1 is 1.11 bits per heavy atom. The summed E-state index contributed by atoms with van der Waals surface area (Å²) in [6, 6.07) is 0.940. The Kier molecular flexibility index (Phi) is 4.00. The van der Waals surface area contributed by atoms with Crippen LogP contribution in [0.3, 0.4) is 0 Å². The third kappa shape index (κ3) is 2.94. The summed E-state index contributed by atoms with van der Waals surface area (Å²) in [7, 11) is 0. The average Bonchev–Trinajstić information content (AvgIpc) is 3.11. The first-order valence-corrected chi connectivity index (χ1v) is 7.84. The van der Waals surface area contributed by atoms with E-state index >= 15 is 0 Å². The van der Waals surface area contributed by atoms with Gasteiger partial charge in [-0.3, -0.25) is 9.69 Å². The van der Waals surface area contributed by atoms with E-state index in [-0.39, 0.29) is 6.04 Å². The molecular formula is C15H26N2O. The van der Waals surface area contributed by atoms with Crippen LogP contribution in [0.4, 0.5) is 0 Å². The summed E-state index contributed by atoms with van der Waals surface area (Å²) in [5.74, 6) is 1.43. The Labute approximate surface area is 110 Å². The van der Waals surface area contributed by atoms with Crippen molar-refractivity contribution in [3.05, 3.63) is 0 Å². The molecule has 1 aliphatic carbocycles. The number of Topliss-reactive ketones (excluding diaryl/α,β-unsaturated/α-hetero) is 1. The van der Waals surface area contributed by atoms with E-state index in [0.29, 0.717) is 11.8 Å². The molecule has 0 bridgehead atoms. The molecule has 2 heterocycles. The number of ketones is 1. The highest BCUT2D eigenvalue weighted by molar-refractivity contribution is 5.84. The van der Waals surface area contributed by atoms with Crippen LogP contribution in [-0.2, 0) is 4.79 Å². The van der Waals surface area contributed by atoms with Crippen LogP contribution in [0.2, 0.25) is 0 Å². The van der Waals surface area contributed by atoms with E-state index in [0.717, 1.165) is 44.8 Å². The quantitative estimate of drug-likeness (QED) is 0.809. The number of carbonyl (C=O) groups is 1. The Bertz CT molecular complexity index is 295. The fourth-order valence-corrected chi connectivity index (χ4v) is 3.63. The lowest BCUT2D eigenvalue weighted by Gasteiger charge is -2.35. The van der Waals surface area contributed by atoms with E-state index in [1.54, 1.807) is 0 Å². The first-order valence-electron chi connectivity index (χ1n) is 7.84. The van der Waals surface area contributed by atoms with Gasteiger partial charge in [-0.25, -0.2) is 0 Å². The van der Waals surface area contributed by atoms with E-state index < -0.39 is 0 Å². The molecule has 2 aliphatic heterocycles. The summed E-state index contributed by atoms with van der Waals surface area (Å²) >= 11 is 0. The van der Waals surface area contributed by atoms with Crippen molar-refractivity contribution in [1.82, 2.24) is 10.2 Å². The number of piperidine rings is 1. The van der Waals surface area contributed by atoms with Gasteiger partial charge in [-0.2, -0.15) is 0 Å². The van der Waals surface area contributed by atoms with Crippen LogP contribution in [0.1, 0.15) is 51.4 Å². The smallest absolute Gasteiger partial charge is 0.149 e. The molecule has 3 rings (SSSR count). The molecule has 0 spiro atoms. The van der Waals surface area contributed by atoms with Crippen LogP contribution in [0.5, 0.6) is 0 Å². The molecule has 1 unspecified atom stereocenters. The fourth-order valence-electron chi connectivity index (χ4n) is 3.63. The van der Waals surface area contributed by atoms with Crippen molar-refractivity contribution in [1.29, 1.82) is 0 Å². The molecule has 2 saturated heterocycles. The number of rotatable bonds is 5. The SMILES string of the molecule is O=C(CCC1CC1)C1CCCN1C1CCNCC1. The summed E-state index contributed by atoms with van der Waals surface area (Å²) in [6.07, 6.45) is 9.55. The highest BCUT2D eigenvalue weighted by Gasteiger charge is 2.35. The average molecular weight is 250 g/mol. The predicted molar refractivity (Wildman–Crippen MR) is 72.6 cm³/mol. The maximum absolute atomic E-state index is 12.4. The maximum Gasteiger partial charge on any atom is 0.149 e. The van der Waals surface area contributed by atoms with E-state index in [9.17, 15) is 4.79 Å². The first-order chi connectivity index (χ1) is 8.84. The van der Waals surface area contributed by atoms with Crippen LogP contribution < -0.4 is 5.32 Å². The number of nitrogens with zero attached hydrogens (tertiary/aromatic N) is 1. The normalized spacial score (nSPS) is 30.8. The minimum atomic E-state index is 0.270. The topological polar surface area (TPSA) is 32.3 Å². The summed E-state index contributed by atoms with van der Waals surface area (Å²) in [6.45, 7) is 3.42. The molecule has 0 aromatic rings. The molecule has 0 aromatic heterocycles. The molecule has 0 radical (unpaired) electrons. The second-order valence-corrected chi connectivity index (χ2v) is 6.33. The van der Waals surface area contributed by atoms with Crippen molar-refractivity contribution in [2.75, 3.05) is 19.6 Å². The molecule has 3 fully saturated rings. The van der Waals surface area contributed by atoms with Crippen LogP contribution in [0, 0.1) is 5.92 Å². The van der Waals surface area contributed by atoms with Crippen LogP contribution in [-0.4, -0.2) is 42.4 Å². The number of carbonyl (C=O) groups excluding carboxylic acids is 1. The first kappa shape index (κ1) is 12.6. The van der Waals surface area contributed by atoms with E-state index in [1.807, 2.05) is 0 Å². The maximum atomic E-state index is 12.4. The molecule has 1 atom stereocenters. The van der Waals surface area contributed by atoms with Gasteiger partial charge in [0.1, 0.15) is 5.78 Å². The summed E-state index contributed by atoms with van der Waals surface area (Å²) in [5, 5.41) is 3.42. The van der Waals surface area contributed by atoms with Crippen molar-refractivity contribution >= 4 is 5.78 Å². The predicted octanol–water partition coefficient (Wildman–Crippen LogP) is 1.96. The van der Waals surface area contributed by atoms with Crippen LogP contribution in [0.15, 0.2) is 0 Å². The standard InChI is InChI=1S/C15H26N2O/c18-15(6-5-12-3-4-12)14-2-1-11-17(14)13-7-9-16-10-8-13/h12-14,16H,1-11H2. The molecule has 3 heteroatoms. The zero-order valence-electron chi connectivity index (χ0n) is 11.4. The lowest BCUT2D eigenvalue weighted by atomic mass is 9.99. The van der Waals surface area contributed by atoms with Gasteiger partial charge >= 0.3 is 0 Å². The Morgan fingerprint density at radius 2 is 1.89 bits per heavy atom. The highest BCUT2D eigenvalue weighted by atomic mass is 16.1. The second kappa shape index (κ2) is 5.70. The molecule has 0 amide bonds. The zero-order valence-corrected chi connectivity index (χ0v) is 11.4. The molecule has 3 nitrogen and oxygen atoms in total. The molecule has 18 heavy (non-hydrogen) atoms. The van der Waals surface area contributed by atoms with E-state index in [2.05, 4.69) is 10.2 Å². The minimum absolute atomic E-state index is 0.270. The van der Waals surface area contributed by atoms with Crippen molar-refractivity contribution < 1.29 is 4.79 Å². The molecule has 1 saturated carbocycles. The third-order valence-electron chi connectivity index (χ3n) is 4.94. The van der Waals surface area contributed by atoms with Gasteiger partial charge in [0.15, 0.2) is 0 Å². The monoisotopic (exact) mass is 250 g/mol. The second-order valence-electron chi connectivity index (χ2n) is 6.33. The van der Waals surface area contributed by atoms with E-state index in [4.69, 9.17) is 0 Å². The van der Waals surface area contributed by atoms with Gasteiger partial charge in [-0.15, -0.1) is 0 Å². The van der Waals surface area contributed by atoms with Crippen LogP contribution >= 0.6 is 0 Å². The van der Waals surface area contributed by atoms with Crippen molar-refractivity contribution in [3.63, 3.8) is 0 Å². The van der Waals surface area contributed by atoms with Gasteiger partial charge in [0, 0.05) is 12.5 Å². The molecule has 1 N–H and O–H groups in total. The largest absolute Gasteiger partial charge is 0.317 e. The molecule has 3 aliphatic rings. The number of hydrogen-bond donors (Lipinski definition) is 1. The zero-order chi connectivity index (χ0) is 12.4. The molecule has 102 valence electrons. The summed E-state index contributed by atoms with van der Waals surface area (Å²) in [5.41, 5.74) is 0. The Balaban J connectivity index is 1.53. The number of nitrogens with one attached hydrogen (secondary N) is 1. The molecule has 0 aromatic carbocycles. The Hall–Kier alpha value is -0.410. The van der Waals surface area contributed by atoms with Crippen molar-refractivity contribution in [2.45, 2.75) is 63.5 Å². The van der Waals surface area contributed by atoms with Gasteiger partial charge in [-0.1, -0.05) is 12.8 Å². The highest BCUT2D eigenvalue weighted by Crippen LogP contribution is 2.34. The van der Waals surface area contributed by atoms with Gasteiger partial charge in [0.2, 0.25) is 0 Å². The van der Waals surface area contributed by atoms with Gasteiger partial charge < -0.3 is 5.32 Å². The summed E-state index contributed by atoms with van der Waals surface area (Å²) < 4.78 is 0. The van der Waals surface area contributed by atoms with E-state index in [1.165, 1.54) is 32.1 Å². The Morgan fingerprint density at radius 3 is 2.61 bits per heavy atom. The van der Waals surface area contributed by atoms with Crippen molar-refractivity contribution in [3.8, 4) is 0 Å². The number of hydrogen-bond acceptors (Lipinski definition) is 3. The number of likely N-dealkylation sites (tertiary alicyclic amines) is 1. The van der Waals surface area contributed by atoms with Crippen LogP contribution in [0.25, 0.3) is 0 Å². The minimum Gasteiger partial charge on any atom is -0.317 e. The summed E-state index contributed by atoms with van der Waals surface area (Å²) in [4.78, 5) is 14.9. The van der Waals surface area contributed by atoms with Gasteiger partial charge in [-0.05, 0) is 57.7 Å². The van der Waals surface area contributed by atoms with Gasteiger partial charge in [0.25, 0.3) is 0 Å². The van der Waals surface area contributed by atoms with Gasteiger partial charge in [0.05, 0.1) is 6.04 Å². The lowest BCUT2D eigenvalue weighted by Crippen LogP contribution is -2.47. The fraction of sp³-hybridized carbons (Fsp3) is 0.933. The van der Waals surface area contributed by atoms with Crippen molar-refractivity contribution in [2.24, 2.45) is 5.92 Å². The molecular weight excluding hydrogens is 224 g/mol. The third-order valence-corrected chi connectivity index (χ3v) is 4.94.